The lowest BCUT2D eigenvalue weighted by atomic mass is 10.2. The van der Waals surface area contributed by atoms with E-state index in [0.29, 0.717) is 23.6 Å². The van der Waals surface area contributed by atoms with E-state index in [2.05, 4.69) is 21.6 Å². The van der Waals surface area contributed by atoms with Crippen molar-refractivity contribution in [2.24, 2.45) is 0 Å². The van der Waals surface area contributed by atoms with E-state index in [9.17, 15) is 13.2 Å². The number of rotatable bonds is 10. The summed E-state index contributed by atoms with van der Waals surface area (Å²) in [7, 11) is -3.43. The number of nitrogens with zero attached hydrogens (tertiary/aromatic N) is 1. The van der Waals surface area contributed by atoms with Gasteiger partial charge in [-0.1, -0.05) is 18.2 Å². The van der Waals surface area contributed by atoms with Crippen LogP contribution in [0, 0.1) is 0 Å². The van der Waals surface area contributed by atoms with Crippen LogP contribution in [0.5, 0.6) is 5.75 Å². The fourth-order valence-electron chi connectivity index (χ4n) is 2.71. The molecule has 0 aliphatic heterocycles. The summed E-state index contributed by atoms with van der Waals surface area (Å²) in [5.41, 5.74) is 2.39. The Labute approximate surface area is 185 Å². The molecule has 0 unspecified atom stereocenters. The van der Waals surface area contributed by atoms with Crippen LogP contribution in [0.25, 0.3) is 10.6 Å². The Hall–Kier alpha value is -3.01. The van der Waals surface area contributed by atoms with Crippen LogP contribution in [0.3, 0.4) is 0 Å². The Morgan fingerprint density at radius 2 is 1.87 bits per heavy atom. The average Bonchev–Trinajstić information content (AvgIpc) is 3.25. The minimum Gasteiger partial charge on any atom is -0.494 e. The third-order valence-electron chi connectivity index (χ3n) is 4.17. The molecule has 0 saturated carbocycles. The van der Waals surface area contributed by atoms with Gasteiger partial charge in [-0.15, -0.1) is 17.9 Å². The van der Waals surface area contributed by atoms with Gasteiger partial charge in [-0.3, -0.25) is 4.79 Å². The maximum Gasteiger partial charge on any atom is 0.275 e. The minimum absolute atomic E-state index is 0.146. The van der Waals surface area contributed by atoms with Crippen LogP contribution in [0.4, 0.5) is 5.69 Å². The number of amides is 1. The second kappa shape index (κ2) is 10.3. The van der Waals surface area contributed by atoms with Gasteiger partial charge in [-0.25, -0.2) is 18.1 Å². The van der Waals surface area contributed by atoms with E-state index in [1.165, 1.54) is 17.4 Å². The highest BCUT2D eigenvalue weighted by molar-refractivity contribution is 7.88. The van der Waals surface area contributed by atoms with Crippen molar-refractivity contribution in [3.63, 3.8) is 0 Å². The number of hydrogen-bond acceptors (Lipinski definition) is 6. The highest BCUT2D eigenvalue weighted by Crippen LogP contribution is 2.26. The van der Waals surface area contributed by atoms with E-state index in [4.69, 9.17) is 4.74 Å². The van der Waals surface area contributed by atoms with E-state index in [0.717, 1.165) is 16.3 Å². The number of thiazole rings is 1. The molecule has 0 fully saturated rings. The van der Waals surface area contributed by atoms with Gasteiger partial charge in [0, 0.05) is 23.2 Å². The van der Waals surface area contributed by atoms with E-state index in [1.807, 2.05) is 31.2 Å². The summed E-state index contributed by atoms with van der Waals surface area (Å²) in [6.45, 7) is 6.20. The summed E-state index contributed by atoms with van der Waals surface area (Å²) in [5.74, 6) is 0.307. The number of nitrogens with one attached hydrogen (secondary N) is 2. The summed E-state index contributed by atoms with van der Waals surface area (Å²) in [6.07, 6.45) is 1.48. The van der Waals surface area contributed by atoms with Crippen molar-refractivity contribution in [3.8, 4) is 16.3 Å². The molecule has 3 aromatic rings. The normalized spacial score (nSPS) is 11.1. The smallest absolute Gasteiger partial charge is 0.275 e. The zero-order valence-electron chi connectivity index (χ0n) is 17.0. The highest BCUT2D eigenvalue weighted by atomic mass is 32.2. The summed E-state index contributed by atoms with van der Waals surface area (Å²) in [6, 6.07) is 14.2. The minimum atomic E-state index is -3.43. The molecule has 1 aromatic heterocycles. The van der Waals surface area contributed by atoms with Crippen molar-refractivity contribution in [1.82, 2.24) is 9.71 Å². The number of benzene rings is 2. The summed E-state index contributed by atoms with van der Waals surface area (Å²) in [5, 5.41) is 5.22. The Balaban J connectivity index is 1.62. The Kier molecular flexibility index (Phi) is 7.56. The maximum atomic E-state index is 12.5. The van der Waals surface area contributed by atoms with Crippen LogP contribution in [0.15, 0.2) is 66.6 Å². The van der Waals surface area contributed by atoms with Gasteiger partial charge in [0.25, 0.3) is 5.91 Å². The molecule has 1 heterocycles. The fourth-order valence-corrected chi connectivity index (χ4v) is 4.62. The van der Waals surface area contributed by atoms with Crippen molar-refractivity contribution < 1.29 is 17.9 Å². The average molecular weight is 458 g/mol. The third kappa shape index (κ3) is 6.48. The molecule has 3 rings (SSSR count). The number of ether oxygens (including phenoxy) is 1. The van der Waals surface area contributed by atoms with Gasteiger partial charge in [0.05, 0.1) is 12.4 Å². The Morgan fingerprint density at radius 1 is 1.16 bits per heavy atom. The summed E-state index contributed by atoms with van der Waals surface area (Å²) in [4.78, 5) is 16.9. The Bertz CT molecular complexity index is 1140. The van der Waals surface area contributed by atoms with Crippen LogP contribution in [0.1, 0.15) is 23.0 Å². The predicted octanol–water partition coefficient (Wildman–Crippen LogP) is 4.07. The van der Waals surface area contributed by atoms with Crippen LogP contribution in [-0.4, -0.2) is 32.5 Å². The largest absolute Gasteiger partial charge is 0.494 e. The van der Waals surface area contributed by atoms with Gasteiger partial charge in [-0.05, 0) is 48.9 Å². The quantitative estimate of drug-likeness (QED) is 0.448. The maximum absolute atomic E-state index is 12.5. The first-order valence-electron chi connectivity index (χ1n) is 9.57. The van der Waals surface area contributed by atoms with Gasteiger partial charge >= 0.3 is 0 Å². The molecule has 0 saturated heterocycles. The third-order valence-corrected chi connectivity index (χ3v) is 6.38. The van der Waals surface area contributed by atoms with Gasteiger partial charge in [0.15, 0.2) is 0 Å². The standard InChI is InChI=1S/C22H23N3O4S2/c1-3-13-23-31(27,28)15-16-5-9-18(10-6-16)24-21(26)20-14-30-22(25-20)17-7-11-19(12-8-17)29-4-2/h3,5-12,14,23H,1,4,13,15H2,2H3,(H,24,26). The van der Waals surface area contributed by atoms with Crippen LogP contribution < -0.4 is 14.8 Å². The second-order valence-electron chi connectivity index (χ2n) is 6.54. The molecule has 0 atom stereocenters. The van der Waals surface area contributed by atoms with Crippen LogP contribution in [-0.2, 0) is 15.8 Å². The number of carbonyl (C=O) groups excluding carboxylic acids is 1. The monoisotopic (exact) mass is 457 g/mol. The number of hydrogen-bond donors (Lipinski definition) is 2. The molecule has 0 aliphatic carbocycles. The lowest BCUT2D eigenvalue weighted by Gasteiger charge is -2.07. The van der Waals surface area contributed by atoms with Gasteiger partial charge in [0.2, 0.25) is 10.0 Å². The van der Waals surface area contributed by atoms with Crippen molar-refractivity contribution >= 4 is 33.0 Å². The molecule has 1 amide bonds. The molecule has 0 bridgehead atoms. The highest BCUT2D eigenvalue weighted by Gasteiger charge is 2.14. The fraction of sp³-hybridized carbons (Fsp3) is 0.182. The Morgan fingerprint density at radius 3 is 2.52 bits per heavy atom. The van der Waals surface area contributed by atoms with Crippen molar-refractivity contribution in [2.45, 2.75) is 12.7 Å². The van der Waals surface area contributed by atoms with Crippen LogP contribution in [0.2, 0.25) is 0 Å². The van der Waals surface area contributed by atoms with Crippen molar-refractivity contribution in [1.29, 1.82) is 0 Å². The molecule has 7 nitrogen and oxygen atoms in total. The first kappa shape index (κ1) is 22.7. The molecule has 2 N–H and O–H groups in total. The van der Waals surface area contributed by atoms with E-state index in [1.54, 1.807) is 29.6 Å². The molecule has 2 aromatic carbocycles. The molecule has 0 aliphatic rings. The molecule has 0 radical (unpaired) electrons. The van der Waals surface area contributed by atoms with Crippen LogP contribution >= 0.6 is 11.3 Å². The second-order valence-corrected chi connectivity index (χ2v) is 9.21. The van der Waals surface area contributed by atoms with Gasteiger partial charge < -0.3 is 10.1 Å². The zero-order chi connectivity index (χ0) is 22.3. The number of carbonyl (C=O) groups is 1. The molecule has 162 valence electrons. The van der Waals surface area contributed by atoms with E-state index in [-0.39, 0.29) is 18.2 Å². The molecule has 31 heavy (non-hydrogen) atoms. The van der Waals surface area contributed by atoms with E-state index < -0.39 is 10.0 Å². The van der Waals surface area contributed by atoms with Gasteiger partial charge in [0.1, 0.15) is 16.5 Å². The van der Waals surface area contributed by atoms with Gasteiger partial charge in [-0.2, -0.15) is 0 Å². The number of anilines is 1. The number of sulfonamides is 1. The number of aromatic nitrogens is 1. The topological polar surface area (TPSA) is 97.4 Å². The van der Waals surface area contributed by atoms with Crippen molar-refractivity contribution in [3.05, 3.63) is 77.8 Å². The molecular weight excluding hydrogens is 434 g/mol. The first-order chi connectivity index (χ1) is 14.9. The SMILES string of the molecule is C=CCNS(=O)(=O)Cc1ccc(NC(=O)c2csc(-c3ccc(OCC)cc3)n2)cc1. The zero-order valence-corrected chi connectivity index (χ0v) is 18.6. The van der Waals surface area contributed by atoms with Crippen molar-refractivity contribution in [2.75, 3.05) is 18.5 Å². The summed E-state index contributed by atoms with van der Waals surface area (Å²) < 4.78 is 31.7. The lowest BCUT2D eigenvalue weighted by molar-refractivity contribution is 0.102. The van der Waals surface area contributed by atoms with E-state index >= 15 is 0 Å². The first-order valence-corrected chi connectivity index (χ1v) is 12.1. The summed E-state index contributed by atoms with van der Waals surface area (Å²) >= 11 is 1.38. The molecule has 9 heteroatoms. The lowest BCUT2D eigenvalue weighted by Crippen LogP contribution is -2.25. The predicted molar refractivity (Wildman–Crippen MR) is 124 cm³/mol. The molecule has 0 spiro atoms. The molecular formula is C22H23N3O4S2.